The Morgan fingerprint density at radius 1 is 0.833 bits per heavy atom. The molecular formula is C12H24. The van der Waals surface area contributed by atoms with E-state index in [2.05, 4.69) is 34.6 Å². The average molecular weight is 168 g/mol. The van der Waals surface area contributed by atoms with Gasteiger partial charge in [-0.15, -0.1) is 0 Å². The summed E-state index contributed by atoms with van der Waals surface area (Å²) in [5.41, 5.74) is 0. The molecule has 2 atom stereocenters. The van der Waals surface area contributed by atoms with Crippen LogP contribution >= 0.6 is 0 Å². The fraction of sp³-hybridized carbons (Fsp3) is 1.00. The highest BCUT2D eigenvalue weighted by molar-refractivity contribution is 4.85. The molecule has 0 nitrogen and oxygen atoms in total. The lowest BCUT2D eigenvalue weighted by Gasteiger charge is -2.25. The van der Waals surface area contributed by atoms with E-state index in [0.29, 0.717) is 0 Å². The molecule has 12 heavy (non-hydrogen) atoms. The molecular weight excluding hydrogens is 144 g/mol. The van der Waals surface area contributed by atoms with Gasteiger partial charge in [0.15, 0.2) is 0 Å². The molecule has 0 heterocycles. The smallest absolute Gasteiger partial charge is 0.0362 e. The van der Waals surface area contributed by atoms with E-state index < -0.39 is 0 Å². The maximum atomic E-state index is 2.46. The van der Waals surface area contributed by atoms with Gasteiger partial charge in [-0.1, -0.05) is 34.6 Å². The van der Waals surface area contributed by atoms with Crippen LogP contribution in [0.5, 0.6) is 0 Å². The Morgan fingerprint density at radius 2 is 1.17 bits per heavy atom. The summed E-state index contributed by atoms with van der Waals surface area (Å²) in [5, 5.41) is 0. The summed E-state index contributed by atoms with van der Waals surface area (Å²) < 4.78 is 0. The van der Waals surface area contributed by atoms with Crippen LogP contribution in [0.1, 0.15) is 47.5 Å². The van der Waals surface area contributed by atoms with E-state index in [1.165, 1.54) is 12.8 Å². The second-order valence-corrected chi connectivity index (χ2v) is 5.25. The Hall–Kier alpha value is 0. The quantitative estimate of drug-likeness (QED) is 0.585. The maximum absolute atomic E-state index is 2.46. The van der Waals surface area contributed by atoms with Crippen molar-refractivity contribution in [1.82, 2.24) is 0 Å². The number of hydrogen-bond acceptors (Lipinski definition) is 0. The fourth-order valence-electron chi connectivity index (χ4n) is 3.11. The first kappa shape index (κ1) is 10.1. The van der Waals surface area contributed by atoms with Crippen molar-refractivity contribution in [2.75, 3.05) is 0 Å². The van der Waals surface area contributed by atoms with Crippen LogP contribution in [-0.2, 0) is 0 Å². The van der Waals surface area contributed by atoms with Crippen LogP contribution in [0.25, 0.3) is 0 Å². The van der Waals surface area contributed by atoms with Gasteiger partial charge in [0.05, 0.1) is 0 Å². The molecule has 0 radical (unpaired) electrons. The zero-order chi connectivity index (χ0) is 9.30. The monoisotopic (exact) mass is 168 g/mol. The summed E-state index contributed by atoms with van der Waals surface area (Å²) in [6.45, 7) is 12.0. The standard InChI is InChI=1S/C12H24/c1-8(2)11-6-7-12(9(3)4)10(11)5/h8-12H,6-7H2,1-5H3. The molecule has 0 N–H and O–H groups in total. The predicted molar refractivity (Wildman–Crippen MR) is 55.1 cm³/mol. The Kier molecular flexibility index (Phi) is 3.20. The Bertz CT molecular complexity index is 119. The van der Waals surface area contributed by atoms with Gasteiger partial charge in [-0.2, -0.15) is 0 Å². The molecule has 0 aromatic heterocycles. The molecule has 0 amide bonds. The molecule has 1 aliphatic rings. The van der Waals surface area contributed by atoms with Gasteiger partial charge in [0, 0.05) is 0 Å². The first-order valence-electron chi connectivity index (χ1n) is 5.54. The Morgan fingerprint density at radius 3 is 1.33 bits per heavy atom. The summed E-state index contributed by atoms with van der Waals surface area (Å²) in [7, 11) is 0. The highest BCUT2D eigenvalue weighted by atomic mass is 14.4. The largest absolute Gasteiger partial charge is 0.0625 e. The SMILES string of the molecule is CC(C)C1CCC(C(C)C)C1C. The molecule has 0 saturated heterocycles. The average Bonchev–Trinajstić information content (AvgIpc) is 2.30. The molecule has 72 valence electrons. The van der Waals surface area contributed by atoms with Crippen molar-refractivity contribution in [2.24, 2.45) is 29.6 Å². The van der Waals surface area contributed by atoms with Crippen LogP contribution in [-0.4, -0.2) is 0 Å². The van der Waals surface area contributed by atoms with Crippen molar-refractivity contribution < 1.29 is 0 Å². The molecule has 0 aromatic carbocycles. The Balaban J connectivity index is 2.55. The second-order valence-electron chi connectivity index (χ2n) is 5.25. The van der Waals surface area contributed by atoms with E-state index in [-0.39, 0.29) is 0 Å². The van der Waals surface area contributed by atoms with E-state index in [9.17, 15) is 0 Å². The van der Waals surface area contributed by atoms with Crippen LogP contribution in [0, 0.1) is 29.6 Å². The van der Waals surface area contributed by atoms with Gasteiger partial charge in [0.1, 0.15) is 0 Å². The van der Waals surface area contributed by atoms with Crippen molar-refractivity contribution in [3.8, 4) is 0 Å². The van der Waals surface area contributed by atoms with Gasteiger partial charge >= 0.3 is 0 Å². The van der Waals surface area contributed by atoms with Crippen LogP contribution in [0.3, 0.4) is 0 Å². The zero-order valence-corrected chi connectivity index (χ0v) is 9.30. The van der Waals surface area contributed by atoms with Crippen LogP contribution < -0.4 is 0 Å². The molecule has 0 bridgehead atoms. The molecule has 0 heteroatoms. The fourth-order valence-corrected chi connectivity index (χ4v) is 3.11. The number of hydrogen-bond donors (Lipinski definition) is 0. The van der Waals surface area contributed by atoms with E-state index in [1.54, 1.807) is 0 Å². The molecule has 0 spiro atoms. The van der Waals surface area contributed by atoms with Crippen molar-refractivity contribution >= 4 is 0 Å². The zero-order valence-electron chi connectivity index (χ0n) is 9.30. The van der Waals surface area contributed by atoms with Crippen LogP contribution in [0.2, 0.25) is 0 Å². The normalized spacial score (nSPS) is 36.8. The van der Waals surface area contributed by atoms with E-state index in [4.69, 9.17) is 0 Å². The third kappa shape index (κ3) is 1.84. The minimum atomic E-state index is 0.892. The summed E-state index contributed by atoms with van der Waals surface area (Å²) in [6.07, 6.45) is 2.95. The van der Waals surface area contributed by atoms with Crippen molar-refractivity contribution in [3.63, 3.8) is 0 Å². The summed E-state index contributed by atoms with van der Waals surface area (Å²) in [6, 6.07) is 0. The van der Waals surface area contributed by atoms with Gasteiger partial charge in [-0.25, -0.2) is 0 Å². The highest BCUT2D eigenvalue weighted by Gasteiger charge is 2.35. The molecule has 1 rings (SSSR count). The first-order chi connectivity index (χ1) is 5.54. The van der Waals surface area contributed by atoms with Gasteiger partial charge in [-0.3, -0.25) is 0 Å². The second kappa shape index (κ2) is 3.81. The third-order valence-electron chi connectivity index (χ3n) is 3.90. The van der Waals surface area contributed by atoms with Gasteiger partial charge in [0.2, 0.25) is 0 Å². The molecule has 2 unspecified atom stereocenters. The van der Waals surface area contributed by atoms with Gasteiger partial charge < -0.3 is 0 Å². The Labute approximate surface area is 77.7 Å². The van der Waals surface area contributed by atoms with Crippen molar-refractivity contribution in [3.05, 3.63) is 0 Å². The topological polar surface area (TPSA) is 0 Å². The third-order valence-corrected chi connectivity index (χ3v) is 3.90. The van der Waals surface area contributed by atoms with E-state index in [1.807, 2.05) is 0 Å². The first-order valence-corrected chi connectivity index (χ1v) is 5.54. The molecule has 0 aliphatic heterocycles. The molecule has 0 aromatic rings. The van der Waals surface area contributed by atoms with Crippen molar-refractivity contribution in [2.45, 2.75) is 47.5 Å². The molecule has 1 saturated carbocycles. The minimum absolute atomic E-state index is 0.892. The maximum Gasteiger partial charge on any atom is -0.0362 e. The lowest BCUT2D eigenvalue weighted by Crippen LogP contribution is -2.19. The van der Waals surface area contributed by atoms with E-state index in [0.717, 1.165) is 29.6 Å². The number of rotatable bonds is 2. The van der Waals surface area contributed by atoms with Crippen LogP contribution in [0.4, 0.5) is 0 Å². The van der Waals surface area contributed by atoms with Gasteiger partial charge in [-0.05, 0) is 42.4 Å². The molecule has 1 aliphatic carbocycles. The van der Waals surface area contributed by atoms with Gasteiger partial charge in [0.25, 0.3) is 0 Å². The summed E-state index contributed by atoms with van der Waals surface area (Å²) in [4.78, 5) is 0. The minimum Gasteiger partial charge on any atom is -0.0625 e. The van der Waals surface area contributed by atoms with Crippen LogP contribution in [0.15, 0.2) is 0 Å². The predicted octanol–water partition coefficient (Wildman–Crippen LogP) is 3.96. The highest BCUT2D eigenvalue weighted by Crippen LogP contribution is 2.43. The lowest BCUT2D eigenvalue weighted by molar-refractivity contribution is 0.234. The van der Waals surface area contributed by atoms with Crippen molar-refractivity contribution in [1.29, 1.82) is 0 Å². The molecule has 1 fully saturated rings. The lowest BCUT2D eigenvalue weighted by atomic mass is 9.80. The summed E-state index contributed by atoms with van der Waals surface area (Å²) >= 11 is 0. The van der Waals surface area contributed by atoms with E-state index >= 15 is 0 Å². The summed E-state index contributed by atoms with van der Waals surface area (Å²) in [5.74, 6) is 4.74.